The van der Waals surface area contributed by atoms with E-state index in [0.717, 1.165) is 30.9 Å². The fraction of sp³-hybridized carbons (Fsp3) is 0.533. The van der Waals surface area contributed by atoms with E-state index in [2.05, 4.69) is 5.32 Å². The Balaban J connectivity index is 1.75. The van der Waals surface area contributed by atoms with Crippen molar-refractivity contribution in [2.75, 3.05) is 38.6 Å². The molecule has 0 bridgehead atoms. The second-order valence-corrected chi connectivity index (χ2v) is 5.76. The number of nitrogens with one attached hydrogen (secondary N) is 1. The molecule has 2 aliphatic heterocycles. The SMILES string of the molecule is CN(C)c1cccc(C(=O)N2C[C@@H]3CCN[C@@H]3C2)c1. The highest BCUT2D eigenvalue weighted by atomic mass is 16.2. The summed E-state index contributed by atoms with van der Waals surface area (Å²) >= 11 is 0. The summed E-state index contributed by atoms with van der Waals surface area (Å²) in [7, 11) is 3.99. The maximum atomic E-state index is 12.5. The van der Waals surface area contributed by atoms with Gasteiger partial charge in [-0.25, -0.2) is 0 Å². The molecule has 3 rings (SSSR count). The molecule has 2 saturated heterocycles. The normalized spacial score (nSPS) is 25.5. The quantitative estimate of drug-likeness (QED) is 0.866. The molecule has 2 atom stereocenters. The number of anilines is 1. The van der Waals surface area contributed by atoms with Gasteiger partial charge in [-0.1, -0.05) is 6.07 Å². The Bertz CT molecular complexity index is 474. The first-order valence-electron chi connectivity index (χ1n) is 6.95. The average molecular weight is 259 g/mol. The summed E-state index contributed by atoms with van der Waals surface area (Å²) < 4.78 is 0. The summed E-state index contributed by atoms with van der Waals surface area (Å²) in [6.45, 7) is 2.87. The number of hydrogen-bond acceptors (Lipinski definition) is 3. The molecular formula is C15H21N3O. The Morgan fingerprint density at radius 3 is 2.95 bits per heavy atom. The van der Waals surface area contributed by atoms with Crippen molar-refractivity contribution in [2.24, 2.45) is 5.92 Å². The molecule has 19 heavy (non-hydrogen) atoms. The van der Waals surface area contributed by atoms with Gasteiger partial charge in [0.2, 0.25) is 0 Å². The Morgan fingerprint density at radius 2 is 2.21 bits per heavy atom. The number of hydrogen-bond donors (Lipinski definition) is 1. The highest BCUT2D eigenvalue weighted by Crippen LogP contribution is 2.26. The Morgan fingerprint density at radius 1 is 1.37 bits per heavy atom. The third-order valence-electron chi connectivity index (χ3n) is 4.26. The topological polar surface area (TPSA) is 35.6 Å². The molecule has 102 valence electrons. The highest BCUT2D eigenvalue weighted by molar-refractivity contribution is 5.95. The predicted molar refractivity (Wildman–Crippen MR) is 76.6 cm³/mol. The molecule has 1 aromatic carbocycles. The van der Waals surface area contributed by atoms with Gasteiger partial charge in [0, 0.05) is 44.5 Å². The predicted octanol–water partition coefficient (Wildman–Crippen LogP) is 1.19. The van der Waals surface area contributed by atoms with Crippen LogP contribution in [0.1, 0.15) is 16.8 Å². The van der Waals surface area contributed by atoms with Crippen LogP contribution in [0.3, 0.4) is 0 Å². The van der Waals surface area contributed by atoms with Crippen LogP contribution >= 0.6 is 0 Å². The molecule has 0 aromatic heterocycles. The fourth-order valence-electron chi connectivity index (χ4n) is 3.11. The molecular weight excluding hydrogens is 238 g/mol. The molecule has 4 heteroatoms. The van der Waals surface area contributed by atoms with Crippen molar-refractivity contribution in [3.8, 4) is 0 Å². The molecule has 0 spiro atoms. The zero-order valence-electron chi connectivity index (χ0n) is 11.6. The molecule has 2 heterocycles. The van der Waals surface area contributed by atoms with Gasteiger partial charge in [0.15, 0.2) is 0 Å². The molecule has 1 amide bonds. The lowest BCUT2D eigenvalue weighted by Gasteiger charge is -2.19. The smallest absolute Gasteiger partial charge is 0.253 e. The number of nitrogens with zero attached hydrogens (tertiary/aromatic N) is 2. The van der Waals surface area contributed by atoms with Crippen LogP contribution in [0.25, 0.3) is 0 Å². The van der Waals surface area contributed by atoms with Gasteiger partial charge >= 0.3 is 0 Å². The van der Waals surface area contributed by atoms with Crippen molar-refractivity contribution in [2.45, 2.75) is 12.5 Å². The molecule has 2 fully saturated rings. The minimum atomic E-state index is 0.167. The van der Waals surface area contributed by atoms with Crippen LogP contribution in [0.4, 0.5) is 5.69 Å². The maximum Gasteiger partial charge on any atom is 0.253 e. The summed E-state index contributed by atoms with van der Waals surface area (Å²) in [4.78, 5) is 16.6. The van der Waals surface area contributed by atoms with E-state index in [1.54, 1.807) is 0 Å². The summed E-state index contributed by atoms with van der Waals surface area (Å²) in [5.74, 6) is 0.820. The van der Waals surface area contributed by atoms with Gasteiger partial charge in [-0.15, -0.1) is 0 Å². The number of benzene rings is 1. The van der Waals surface area contributed by atoms with E-state index in [1.165, 1.54) is 6.42 Å². The highest BCUT2D eigenvalue weighted by Gasteiger charge is 2.38. The second kappa shape index (κ2) is 4.85. The van der Waals surface area contributed by atoms with Crippen molar-refractivity contribution >= 4 is 11.6 Å². The van der Waals surface area contributed by atoms with E-state index in [0.29, 0.717) is 12.0 Å². The van der Waals surface area contributed by atoms with Gasteiger partial charge in [-0.3, -0.25) is 4.79 Å². The van der Waals surface area contributed by atoms with Crippen LogP contribution in [0, 0.1) is 5.92 Å². The monoisotopic (exact) mass is 259 g/mol. The first-order valence-corrected chi connectivity index (χ1v) is 6.95. The Hall–Kier alpha value is -1.55. The standard InChI is InChI=1S/C15H21N3O/c1-17(2)13-5-3-4-11(8-13)15(19)18-9-12-6-7-16-14(12)10-18/h3-5,8,12,14,16H,6-7,9-10H2,1-2H3/t12-,14+/m0/s1. The van der Waals surface area contributed by atoms with Gasteiger partial charge in [-0.05, 0) is 37.1 Å². The Labute approximate surface area is 114 Å². The fourth-order valence-corrected chi connectivity index (χ4v) is 3.11. The number of fused-ring (bicyclic) bond motifs is 1. The zero-order valence-corrected chi connectivity index (χ0v) is 11.6. The van der Waals surface area contributed by atoms with Gasteiger partial charge in [0.25, 0.3) is 5.91 Å². The van der Waals surface area contributed by atoms with Crippen molar-refractivity contribution in [3.63, 3.8) is 0 Å². The Kier molecular flexibility index (Phi) is 3.19. The lowest BCUT2D eigenvalue weighted by molar-refractivity contribution is 0.0782. The minimum absolute atomic E-state index is 0.167. The first-order chi connectivity index (χ1) is 9.15. The second-order valence-electron chi connectivity index (χ2n) is 5.76. The number of likely N-dealkylation sites (tertiary alicyclic amines) is 1. The molecule has 0 aliphatic carbocycles. The molecule has 4 nitrogen and oxygen atoms in total. The summed E-state index contributed by atoms with van der Waals surface area (Å²) in [5.41, 5.74) is 1.87. The molecule has 0 radical (unpaired) electrons. The third kappa shape index (κ3) is 2.32. The van der Waals surface area contributed by atoms with E-state index in [1.807, 2.05) is 48.2 Å². The largest absolute Gasteiger partial charge is 0.378 e. The van der Waals surface area contributed by atoms with Gasteiger partial charge in [0.05, 0.1) is 0 Å². The number of carbonyl (C=O) groups excluding carboxylic acids is 1. The molecule has 0 unspecified atom stereocenters. The van der Waals surface area contributed by atoms with Crippen LogP contribution in [0.5, 0.6) is 0 Å². The first kappa shape index (κ1) is 12.5. The lowest BCUT2D eigenvalue weighted by Crippen LogP contribution is -2.34. The van der Waals surface area contributed by atoms with Crippen LogP contribution in [0.15, 0.2) is 24.3 Å². The summed E-state index contributed by atoms with van der Waals surface area (Å²) in [5, 5.41) is 3.48. The van der Waals surface area contributed by atoms with Crippen LogP contribution < -0.4 is 10.2 Å². The van der Waals surface area contributed by atoms with E-state index in [9.17, 15) is 4.79 Å². The van der Waals surface area contributed by atoms with E-state index >= 15 is 0 Å². The van der Waals surface area contributed by atoms with Crippen molar-refractivity contribution < 1.29 is 4.79 Å². The molecule has 0 saturated carbocycles. The van der Waals surface area contributed by atoms with Gasteiger partial charge in [-0.2, -0.15) is 0 Å². The van der Waals surface area contributed by atoms with E-state index < -0.39 is 0 Å². The van der Waals surface area contributed by atoms with Crippen molar-refractivity contribution in [3.05, 3.63) is 29.8 Å². The molecule has 1 aromatic rings. The number of amides is 1. The van der Waals surface area contributed by atoms with Crippen molar-refractivity contribution in [1.82, 2.24) is 10.2 Å². The van der Waals surface area contributed by atoms with Crippen molar-refractivity contribution in [1.29, 1.82) is 0 Å². The van der Waals surface area contributed by atoms with Crippen LogP contribution in [-0.4, -0.2) is 50.6 Å². The summed E-state index contributed by atoms with van der Waals surface area (Å²) in [6.07, 6.45) is 1.20. The number of rotatable bonds is 2. The van der Waals surface area contributed by atoms with Crippen LogP contribution in [-0.2, 0) is 0 Å². The zero-order chi connectivity index (χ0) is 13.4. The third-order valence-corrected chi connectivity index (χ3v) is 4.26. The van der Waals surface area contributed by atoms with E-state index in [4.69, 9.17) is 0 Å². The lowest BCUT2D eigenvalue weighted by atomic mass is 10.1. The minimum Gasteiger partial charge on any atom is -0.378 e. The number of carbonyl (C=O) groups is 1. The van der Waals surface area contributed by atoms with Gasteiger partial charge < -0.3 is 15.1 Å². The molecule has 2 aliphatic rings. The van der Waals surface area contributed by atoms with E-state index in [-0.39, 0.29) is 5.91 Å². The average Bonchev–Trinajstić information content (AvgIpc) is 2.98. The van der Waals surface area contributed by atoms with Crippen LogP contribution in [0.2, 0.25) is 0 Å². The maximum absolute atomic E-state index is 12.5. The van der Waals surface area contributed by atoms with Gasteiger partial charge in [0.1, 0.15) is 0 Å². The summed E-state index contributed by atoms with van der Waals surface area (Å²) in [6, 6.07) is 8.39. The molecule has 1 N–H and O–H groups in total.